The van der Waals surface area contributed by atoms with Crippen LogP contribution < -0.4 is 15.4 Å². The first-order chi connectivity index (χ1) is 20.5. The molecule has 42 heavy (non-hydrogen) atoms. The number of hydrogen-bond acceptors (Lipinski definition) is 7. The van der Waals surface area contributed by atoms with E-state index in [1.807, 2.05) is 62.1 Å². The van der Waals surface area contributed by atoms with E-state index in [0.29, 0.717) is 23.9 Å². The average molecular weight is 564 g/mol. The first-order valence-corrected chi connectivity index (χ1v) is 14.1. The summed E-state index contributed by atoms with van der Waals surface area (Å²) in [5.41, 5.74) is 11.0. The first kappa shape index (κ1) is 29.9. The molecule has 0 amide bonds. The highest BCUT2D eigenvalue weighted by Gasteiger charge is 2.22. The summed E-state index contributed by atoms with van der Waals surface area (Å²) < 4.78 is 7.13. The van der Waals surface area contributed by atoms with Crippen LogP contribution in [0.5, 0.6) is 5.75 Å². The molecule has 2 N–H and O–H groups in total. The van der Waals surface area contributed by atoms with Crippen molar-refractivity contribution in [1.82, 2.24) is 19.7 Å². The largest absolute Gasteiger partial charge is 0.497 e. The van der Waals surface area contributed by atoms with Gasteiger partial charge >= 0.3 is 0 Å². The molecule has 10 nitrogen and oxygen atoms in total. The Morgan fingerprint density at radius 3 is 2.69 bits per heavy atom. The van der Waals surface area contributed by atoms with Gasteiger partial charge in [-0.25, -0.2) is 15.0 Å². The zero-order valence-electron chi connectivity index (χ0n) is 24.4. The zero-order valence-corrected chi connectivity index (χ0v) is 24.4. The third-order valence-electron chi connectivity index (χ3n) is 6.79. The molecule has 0 aliphatic rings. The molecule has 216 valence electrons. The quantitative estimate of drug-likeness (QED) is 0.123. The predicted octanol–water partition coefficient (Wildman–Crippen LogP) is 5.82. The Kier molecular flexibility index (Phi) is 10.8. The lowest BCUT2D eigenvalue weighted by Gasteiger charge is -2.33. The minimum Gasteiger partial charge on any atom is -0.497 e. The van der Waals surface area contributed by atoms with Crippen molar-refractivity contribution in [2.24, 2.45) is 22.8 Å². The van der Waals surface area contributed by atoms with E-state index in [4.69, 9.17) is 25.7 Å². The van der Waals surface area contributed by atoms with Gasteiger partial charge in [-0.1, -0.05) is 25.5 Å². The average Bonchev–Trinajstić information content (AvgIpc) is 3.46. The predicted molar refractivity (Wildman–Crippen MR) is 167 cm³/mol. The van der Waals surface area contributed by atoms with Crippen molar-refractivity contribution in [3.8, 4) is 23.1 Å². The number of unbranched alkanes of at least 4 members (excludes halogenated alkanes) is 1. The molecule has 0 aliphatic heterocycles. The van der Waals surface area contributed by atoms with Crippen LogP contribution in [0, 0.1) is 11.3 Å². The van der Waals surface area contributed by atoms with Gasteiger partial charge < -0.3 is 15.4 Å². The summed E-state index contributed by atoms with van der Waals surface area (Å²) in [4.78, 5) is 20.3. The Balaban J connectivity index is 1.53. The minimum absolute atomic E-state index is 0.122. The topological polar surface area (TPSA) is 131 Å². The molecular weight excluding hydrogens is 526 g/mol. The van der Waals surface area contributed by atoms with Gasteiger partial charge in [-0.3, -0.25) is 9.67 Å². The van der Waals surface area contributed by atoms with Crippen LogP contribution in [0.4, 0.5) is 11.5 Å². The fourth-order valence-corrected chi connectivity index (χ4v) is 4.67. The number of aromatic nitrogens is 4. The maximum Gasteiger partial charge on any atom is 0.196 e. The van der Waals surface area contributed by atoms with E-state index >= 15 is 0 Å². The maximum atomic E-state index is 8.95. The third kappa shape index (κ3) is 8.24. The SMILES string of the molecule is CCC[C@@H](CCCC=Nc1ccc(C#N)cn1)N(C(N)=NCc1cccc(OC)c1)c1ccc(-c2cnn(C)c2)nc1. The number of methoxy groups -OCH3 is 1. The molecule has 0 unspecified atom stereocenters. The van der Waals surface area contributed by atoms with Crippen molar-refractivity contribution in [3.63, 3.8) is 0 Å². The molecule has 0 aliphatic carbocycles. The molecule has 3 heterocycles. The van der Waals surface area contributed by atoms with E-state index in [2.05, 4.69) is 33.0 Å². The Morgan fingerprint density at radius 1 is 1.14 bits per heavy atom. The highest BCUT2D eigenvalue weighted by atomic mass is 16.5. The van der Waals surface area contributed by atoms with Crippen molar-refractivity contribution in [2.75, 3.05) is 12.0 Å². The number of rotatable bonds is 13. The first-order valence-electron chi connectivity index (χ1n) is 14.1. The van der Waals surface area contributed by atoms with Crippen LogP contribution in [0.3, 0.4) is 0 Å². The van der Waals surface area contributed by atoms with Gasteiger partial charge in [-0.15, -0.1) is 0 Å². The van der Waals surface area contributed by atoms with Crippen LogP contribution in [-0.2, 0) is 13.6 Å². The number of hydrogen-bond donors (Lipinski definition) is 1. The van der Waals surface area contributed by atoms with E-state index in [9.17, 15) is 0 Å². The molecule has 0 saturated heterocycles. The van der Waals surface area contributed by atoms with Gasteiger partial charge in [0.1, 0.15) is 11.8 Å². The smallest absolute Gasteiger partial charge is 0.196 e. The van der Waals surface area contributed by atoms with E-state index in [1.165, 1.54) is 6.20 Å². The fourth-order valence-electron chi connectivity index (χ4n) is 4.67. The highest BCUT2D eigenvalue weighted by Crippen LogP contribution is 2.25. The molecule has 1 aromatic carbocycles. The summed E-state index contributed by atoms with van der Waals surface area (Å²) in [5, 5.41) is 13.2. The van der Waals surface area contributed by atoms with Crippen LogP contribution in [0.2, 0.25) is 0 Å². The number of guanidine groups is 1. The molecule has 0 bridgehead atoms. The Hall–Kier alpha value is -5.04. The monoisotopic (exact) mass is 563 g/mol. The molecular formula is C32H37N9O. The highest BCUT2D eigenvalue weighted by molar-refractivity contribution is 5.95. The summed E-state index contributed by atoms with van der Waals surface area (Å²) in [5.74, 6) is 1.83. The molecule has 3 aromatic heterocycles. The van der Waals surface area contributed by atoms with E-state index in [0.717, 1.165) is 60.4 Å². The number of aryl methyl sites for hydroxylation is 1. The van der Waals surface area contributed by atoms with Gasteiger partial charge in [0, 0.05) is 37.3 Å². The second-order valence-electron chi connectivity index (χ2n) is 9.90. The summed E-state index contributed by atoms with van der Waals surface area (Å²) in [7, 11) is 3.54. The number of nitrogens with zero attached hydrogens (tertiary/aromatic N) is 8. The number of nitriles is 1. The lowest BCUT2D eigenvalue weighted by molar-refractivity contribution is 0.414. The van der Waals surface area contributed by atoms with E-state index in [-0.39, 0.29) is 6.04 Å². The number of pyridine rings is 2. The summed E-state index contributed by atoms with van der Waals surface area (Å²) in [6, 6.07) is 17.5. The fraction of sp³-hybridized carbons (Fsp3) is 0.312. The number of ether oxygens (including phenoxy) is 1. The van der Waals surface area contributed by atoms with Crippen molar-refractivity contribution < 1.29 is 4.74 Å². The molecule has 1 atom stereocenters. The molecule has 0 saturated carbocycles. The van der Waals surface area contributed by atoms with Crippen LogP contribution in [0.25, 0.3) is 11.3 Å². The van der Waals surface area contributed by atoms with Crippen LogP contribution >= 0.6 is 0 Å². The van der Waals surface area contributed by atoms with E-state index in [1.54, 1.807) is 30.1 Å². The molecule has 0 radical (unpaired) electrons. The van der Waals surface area contributed by atoms with Crippen LogP contribution in [0.15, 0.2) is 83.3 Å². The zero-order chi connectivity index (χ0) is 29.7. The lowest BCUT2D eigenvalue weighted by atomic mass is 10.0. The molecule has 4 aromatic rings. The standard InChI is InChI=1S/C32H37N9O/c1-4-8-27(10-5-6-16-35-31-15-12-25(18-33)20-37-31)41(32(34)38-19-24-9-7-11-29(17-24)42-3)28-13-14-30(36-22-28)26-21-39-40(2)23-26/h7,9,11-17,20-23,27H,4-6,8,10,19H2,1-3H3,(H2,34,38)/t27-/m0/s1. The van der Waals surface area contributed by atoms with Gasteiger partial charge in [-0.2, -0.15) is 10.4 Å². The Morgan fingerprint density at radius 2 is 2.02 bits per heavy atom. The van der Waals surface area contributed by atoms with Gasteiger partial charge in [0.05, 0.1) is 43.0 Å². The van der Waals surface area contributed by atoms with Crippen molar-refractivity contribution >= 4 is 23.7 Å². The summed E-state index contributed by atoms with van der Waals surface area (Å²) >= 11 is 0. The van der Waals surface area contributed by atoms with Gasteiger partial charge in [-0.05, 0) is 67.6 Å². The van der Waals surface area contributed by atoms with Crippen LogP contribution in [-0.4, -0.2) is 45.1 Å². The summed E-state index contributed by atoms with van der Waals surface area (Å²) in [6.45, 7) is 2.61. The van der Waals surface area contributed by atoms with Gasteiger partial charge in [0.15, 0.2) is 11.8 Å². The van der Waals surface area contributed by atoms with Crippen molar-refractivity contribution in [3.05, 3.63) is 84.4 Å². The molecule has 0 fully saturated rings. The number of anilines is 1. The molecule has 10 heteroatoms. The van der Waals surface area contributed by atoms with Crippen molar-refractivity contribution in [1.29, 1.82) is 5.26 Å². The van der Waals surface area contributed by atoms with Crippen LogP contribution in [0.1, 0.15) is 50.2 Å². The normalized spacial score (nSPS) is 12.3. The second-order valence-corrected chi connectivity index (χ2v) is 9.90. The van der Waals surface area contributed by atoms with Crippen molar-refractivity contribution in [2.45, 2.75) is 51.6 Å². The molecule has 4 rings (SSSR count). The summed E-state index contributed by atoms with van der Waals surface area (Å²) in [6.07, 6.45) is 13.5. The number of nitrogens with two attached hydrogens (primary N) is 1. The minimum atomic E-state index is 0.122. The third-order valence-corrected chi connectivity index (χ3v) is 6.79. The Bertz CT molecular complexity index is 1520. The Labute approximate surface area is 247 Å². The van der Waals surface area contributed by atoms with Gasteiger partial charge in [0.25, 0.3) is 0 Å². The number of benzene rings is 1. The van der Waals surface area contributed by atoms with Gasteiger partial charge in [0.2, 0.25) is 0 Å². The maximum absolute atomic E-state index is 8.95. The lowest BCUT2D eigenvalue weighted by Crippen LogP contribution is -2.45. The number of aliphatic imine (C=N–C) groups is 2. The molecule has 0 spiro atoms. The van der Waals surface area contributed by atoms with E-state index < -0.39 is 0 Å². The second kappa shape index (κ2) is 15.1.